The zero-order chi connectivity index (χ0) is 9.60. The second-order valence-electron chi connectivity index (χ2n) is 4.48. The van der Waals surface area contributed by atoms with Crippen LogP contribution in [-0.2, 0) is 5.54 Å². The SMILES string of the molecule is CC1(n2cc3ccccc3n2)CCC1. The van der Waals surface area contributed by atoms with E-state index in [1.807, 2.05) is 6.07 Å². The third-order valence-electron chi connectivity index (χ3n) is 3.40. The smallest absolute Gasteiger partial charge is 0.0923 e. The number of aromatic nitrogens is 2. The molecule has 1 heterocycles. The summed E-state index contributed by atoms with van der Waals surface area (Å²) in [5.74, 6) is 0. The van der Waals surface area contributed by atoms with Crippen LogP contribution in [0.3, 0.4) is 0 Å². The van der Waals surface area contributed by atoms with Crippen molar-refractivity contribution in [1.82, 2.24) is 9.78 Å². The summed E-state index contributed by atoms with van der Waals surface area (Å²) >= 11 is 0. The monoisotopic (exact) mass is 186 g/mol. The van der Waals surface area contributed by atoms with Gasteiger partial charge in [-0.2, -0.15) is 5.10 Å². The van der Waals surface area contributed by atoms with Crippen LogP contribution in [0.15, 0.2) is 30.5 Å². The molecule has 0 spiro atoms. The van der Waals surface area contributed by atoms with Crippen molar-refractivity contribution in [2.75, 3.05) is 0 Å². The van der Waals surface area contributed by atoms with Gasteiger partial charge in [0.05, 0.1) is 11.1 Å². The lowest BCUT2D eigenvalue weighted by Gasteiger charge is -2.38. The lowest BCUT2D eigenvalue weighted by atomic mass is 9.79. The van der Waals surface area contributed by atoms with Gasteiger partial charge in [-0.1, -0.05) is 18.2 Å². The molecular weight excluding hydrogens is 172 g/mol. The fourth-order valence-corrected chi connectivity index (χ4v) is 2.16. The van der Waals surface area contributed by atoms with Crippen LogP contribution in [0.5, 0.6) is 0 Å². The summed E-state index contributed by atoms with van der Waals surface area (Å²) in [6, 6.07) is 8.31. The maximum absolute atomic E-state index is 4.62. The molecule has 1 aromatic heterocycles. The molecule has 2 nitrogen and oxygen atoms in total. The van der Waals surface area contributed by atoms with Crippen molar-refractivity contribution in [1.29, 1.82) is 0 Å². The summed E-state index contributed by atoms with van der Waals surface area (Å²) in [4.78, 5) is 0. The highest BCUT2D eigenvalue weighted by atomic mass is 15.3. The van der Waals surface area contributed by atoms with E-state index >= 15 is 0 Å². The summed E-state index contributed by atoms with van der Waals surface area (Å²) in [5.41, 5.74) is 1.40. The summed E-state index contributed by atoms with van der Waals surface area (Å²) in [6.07, 6.45) is 6.04. The highest BCUT2D eigenvalue weighted by Crippen LogP contribution is 2.38. The van der Waals surface area contributed by atoms with Crippen LogP contribution in [0.4, 0.5) is 0 Å². The lowest BCUT2D eigenvalue weighted by molar-refractivity contribution is 0.150. The van der Waals surface area contributed by atoms with Gasteiger partial charge in [-0.15, -0.1) is 0 Å². The van der Waals surface area contributed by atoms with Gasteiger partial charge in [0.25, 0.3) is 0 Å². The Balaban J connectivity index is 2.14. The molecule has 0 aliphatic heterocycles. The van der Waals surface area contributed by atoms with Crippen molar-refractivity contribution < 1.29 is 0 Å². The third kappa shape index (κ3) is 0.999. The van der Waals surface area contributed by atoms with Gasteiger partial charge in [0, 0.05) is 11.6 Å². The van der Waals surface area contributed by atoms with Crippen LogP contribution in [0.2, 0.25) is 0 Å². The average Bonchev–Trinajstić information content (AvgIpc) is 2.57. The molecular formula is C12H14N2. The van der Waals surface area contributed by atoms with E-state index in [0.29, 0.717) is 5.54 Å². The minimum Gasteiger partial charge on any atom is -0.266 e. The Morgan fingerprint density at radius 3 is 2.71 bits per heavy atom. The van der Waals surface area contributed by atoms with Crippen molar-refractivity contribution in [3.8, 4) is 0 Å². The van der Waals surface area contributed by atoms with Crippen LogP contribution < -0.4 is 0 Å². The van der Waals surface area contributed by atoms with E-state index in [0.717, 1.165) is 5.52 Å². The standard InChI is InChI=1S/C12H14N2/c1-12(7-4-8-12)14-9-10-5-2-3-6-11(10)13-14/h2-3,5-6,9H,4,7-8H2,1H3. The molecule has 0 bridgehead atoms. The van der Waals surface area contributed by atoms with Crippen molar-refractivity contribution >= 4 is 10.9 Å². The molecule has 72 valence electrons. The van der Waals surface area contributed by atoms with Gasteiger partial charge in [-0.25, -0.2) is 0 Å². The quantitative estimate of drug-likeness (QED) is 0.669. The number of hydrogen-bond donors (Lipinski definition) is 0. The molecule has 0 amide bonds. The molecule has 1 saturated carbocycles. The van der Waals surface area contributed by atoms with Gasteiger partial charge in [0.1, 0.15) is 0 Å². The minimum atomic E-state index is 0.291. The van der Waals surface area contributed by atoms with E-state index in [4.69, 9.17) is 0 Å². The maximum atomic E-state index is 4.62. The highest BCUT2D eigenvalue weighted by Gasteiger charge is 2.34. The van der Waals surface area contributed by atoms with Crippen LogP contribution in [0.1, 0.15) is 26.2 Å². The Morgan fingerprint density at radius 1 is 1.29 bits per heavy atom. The molecule has 2 heteroatoms. The van der Waals surface area contributed by atoms with Crippen LogP contribution >= 0.6 is 0 Å². The van der Waals surface area contributed by atoms with Gasteiger partial charge >= 0.3 is 0 Å². The van der Waals surface area contributed by atoms with Gasteiger partial charge in [0.2, 0.25) is 0 Å². The van der Waals surface area contributed by atoms with E-state index in [-0.39, 0.29) is 0 Å². The van der Waals surface area contributed by atoms with Crippen molar-refractivity contribution in [2.24, 2.45) is 0 Å². The predicted octanol–water partition coefficient (Wildman–Crippen LogP) is 2.94. The summed E-state index contributed by atoms with van der Waals surface area (Å²) in [6.45, 7) is 2.29. The molecule has 2 aromatic rings. The molecule has 1 aliphatic rings. The van der Waals surface area contributed by atoms with E-state index in [1.165, 1.54) is 24.6 Å². The highest BCUT2D eigenvalue weighted by molar-refractivity contribution is 5.77. The molecule has 0 N–H and O–H groups in total. The number of benzene rings is 1. The van der Waals surface area contributed by atoms with Gasteiger partial charge < -0.3 is 0 Å². The van der Waals surface area contributed by atoms with E-state index < -0.39 is 0 Å². The molecule has 0 radical (unpaired) electrons. The molecule has 1 fully saturated rings. The average molecular weight is 186 g/mol. The molecule has 1 aromatic carbocycles. The fourth-order valence-electron chi connectivity index (χ4n) is 2.16. The third-order valence-corrected chi connectivity index (χ3v) is 3.40. The van der Waals surface area contributed by atoms with Crippen LogP contribution in [-0.4, -0.2) is 9.78 Å². The van der Waals surface area contributed by atoms with Gasteiger partial charge in [-0.05, 0) is 32.3 Å². The first-order chi connectivity index (χ1) is 6.78. The zero-order valence-corrected chi connectivity index (χ0v) is 8.40. The van der Waals surface area contributed by atoms with Gasteiger partial charge in [0.15, 0.2) is 0 Å². The maximum Gasteiger partial charge on any atom is 0.0923 e. The first-order valence-corrected chi connectivity index (χ1v) is 5.23. The first kappa shape index (κ1) is 8.04. The summed E-state index contributed by atoms with van der Waals surface area (Å²) in [7, 11) is 0. The molecule has 1 aliphatic carbocycles. The zero-order valence-electron chi connectivity index (χ0n) is 8.40. The number of nitrogens with zero attached hydrogens (tertiary/aromatic N) is 2. The number of hydrogen-bond acceptors (Lipinski definition) is 1. The fraction of sp³-hybridized carbons (Fsp3) is 0.417. The lowest BCUT2D eigenvalue weighted by Crippen LogP contribution is -2.37. The minimum absolute atomic E-state index is 0.291. The number of fused-ring (bicyclic) bond motifs is 1. The summed E-state index contributed by atoms with van der Waals surface area (Å²) in [5, 5.41) is 5.87. The Bertz CT molecular complexity index is 433. The van der Waals surface area contributed by atoms with E-state index in [2.05, 4.69) is 41.1 Å². The van der Waals surface area contributed by atoms with E-state index in [9.17, 15) is 0 Å². The largest absolute Gasteiger partial charge is 0.266 e. The Hall–Kier alpha value is -1.31. The molecule has 0 saturated heterocycles. The topological polar surface area (TPSA) is 17.8 Å². The van der Waals surface area contributed by atoms with Crippen LogP contribution in [0, 0.1) is 0 Å². The van der Waals surface area contributed by atoms with Crippen molar-refractivity contribution in [3.63, 3.8) is 0 Å². The Kier molecular flexibility index (Phi) is 1.49. The number of rotatable bonds is 1. The molecule has 14 heavy (non-hydrogen) atoms. The second-order valence-corrected chi connectivity index (χ2v) is 4.48. The van der Waals surface area contributed by atoms with Crippen molar-refractivity contribution in [2.45, 2.75) is 31.7 Å². The van der Waals surface area contributed by atoms with E-state index in [1.54, 1.807) is 0 Å². The van der Waals surface area contributed by atoms with Crippen molar-refractivity contribution in [3.05, 3.63) is 30.5 Å². The first-order valence-electron chi connectivity index (χ1n) is 5.23. The molecule has 0 atom stereocenters. The molecule has 3 rings (SSSR count). The predicted molar refractivity (Wildman–Crippen MR) is 57.2 cm³/mol. The molecule has 0 unspecified atom stereocenters. The van der Waals surface area contributed by atoms with Crippen LogP contribution in [0.25, 0.3) is 10.9 Å². The Labute approximate surface area is 83.5 Å². The second kappa shape index (κ2) is 2.59. The normalized spacial score (nSPS) is 19.5. The Morgan fingerprint density at radius 2 is 2.07 bits per heavy atom. The summed E-state index contributed by atoms with van der Waals surface area (Å²) < 4.78 is 2.15. The van der Waals surface area contributed by atoms with Gasteiger partial charge in [-0.3, -0.25) is 4.68 Å².